The van der Waals surface area contributed by atoms with Gasteiger partial charge in [0.15, 0.2) is 0 Å². The number of nitrogens with zero attached hydrogens (tertiary/aromatic N) is 4. The van der Waals surface area contributed by atoms with E-state index in [9.17, 15) is 9.90 Å². The van der Waals surface area contributed by atoms with E-state index in [2.05, 4.69) is 9.97 Å². The number of aliphatic hydroxyl groups is 1. The molecule has 7 nitrogen and oxygen atoms in total. The molecule has 0 radical (unpaired) electrons. The molecule has 23 heavy (non-hydrogen) atoms. The van der Waals surface area contributed by atoms with Crippen LogP contribution in [0, 0.1) is 0 Å². The number of nitrogens with two attached hydrogens (primary N) is 1. The largest absolute Gasteiger partial charge is 0.366 e. The Hall–Kier alpha value is -2.51. The second-order valence-corrected chi connectivity index (χ2v) is 5.43. The van der Waals surface area contributed by atoms with E-state index >= 15 is 0 Å². The van der Waals surface area contributed by atoms with Crippen LogP contribution in [0.2, 0.25) is 0 Å². The number of carbonyl (C=O) groups is 1. The van der Waals surface area contributed by atoms with Crippen molar-refractivity contribution in [2.75, 3.05) is 31.1 Å². The monoisotopic (exact) mass is 313 g/mol. The summed E-state index contributed by atoms with van der Waals surface area (Å²) in [4.78, 5) is 24.1. The number of carbonyl (C=O) groups excluding carboxylic acids is 1. The van der Waals surface area contributed by atoms with Crippen molar-refractivity contribution in [3.63, 3.8) is 0 Å². The first-order valence-corrected chi connectivity index (χ1v) is 7.47. The Kier molecular flexibility index (Phi) is 4.22. The minimum absolute atomic E-state index is 0.479. The van der Waals surface area contributed by atoms with Crippen molar-refractivity contribution in [3.8, 4) is 0 Å². The van der Waals surface area contributed by atoms with E-state index in [4.69, 9.17) is 5.73 Å². The third-order valence-electron chi connectivity index (χ3n) is 4.09. The van der Waals surface area contributed by atoms with E-state index in [-0.39, 0.29) is 0 Å². The van der Waals surface area contributed by atoms with Gasteiger partial charge in [0.05, 0.1) is 0 Å². The molecule has 1 aromatic heterocycles. The summed E-state index contributed by atoms with van der Waals surface area (Å²) < 4.78 is 0. The molecule has 1 aliphatic heterocycles. The van der Waals surface area contributed by atoms with Gasteiger partial charge in [0.2, 0.25) is 11.7 Å². The summed E-state index contributed by atoms with van der Waals surface area (Å²) in [5, 5.41) is 10.9. The Morgan fingerprint density at radius 3 is 2.22 bits per heavy atom. The van der Waals surface area contributed by atoms with Crippen LogP contribution in [0.25, 0.3) is 0 Å². The lowest BCUT2D eigenvalue weighted by Gasteiger charge is -2.42. The average Bonchev–Trinajstić information content (AvgIpc) is 2.62. The van der Waals surface area contributed by atoms with Gasteiger partial charge in [-0.1, -0.05) is 30.3 Å². The topological polar surface area (TPSA) is 95.6 Å². The lowest BCUT2D eigenvalue weighted by Crippen LogP contribution is -2.61. The van der Waals surface area contributed by atoms with Crippen LogP contribution in [0.1, 0.15) is 5.56 Å². The third kappa shape index (κ3) is 2.88. The highest BCUT2D eigenvalue weighted by Gasteiger charge is 2.43. The Morgan fingerprint density at radius 1 is 1.04 bits per heavy atom. The highest BCUT2D eigenvalue weighted by Crippen LogP contribution is 2.27. The number of aromatic nitrogens is 2. The summed E-state index contributed by atoms with van der Waals surface area (Å²) in [6.45, 7) is 2.16. The minimum atomic E-state index is -1.80. The summed E-state index contributed by atoms with van der Waals surface area (Å²) in [6.07, 6.45) is 3.39. The fourth-order valence-corrected chi connectivity index (χ4v) is 2.84. The molecule has 0 aliphatic carbocycles. The average molecular weight is 313 g/mol. The van der Waals surface area contributed by atoms with Crippen LogP contribution in [0.3, 0.4) is 0 Å². The number of benzene rings is 1. The predicted molar refractivity (Wildman–Crippen MR) is 85.4 cm³/mol. The second-order valence-electron chi connectivity index (χ2n) is 5.43. The highest BCUT2D eigenvalue weighted by atomic mass is 16.3. The molecule has 2 aromatic rings. The Bertz CT molecular complexity index is 659. The molecular weight excluding hydrogens is 294 g/mol. The molecule has 1 saturated heterocycles. The molecule has 1 aromatic carbocycles. The van der Waals surface area contributed by atoms with Crippen molar-refractivity contribution in [1.29, 1.82) is 0 Å². The maximum Gasteiger partial charge on any atom is 0.269 e. The van der Waals surface area contributed by atoms with Gasteiger partial charge in [-0.05, 0) is 6.07 Å². The van der Waals surface area contributed by atoms with Crippen molar-refractivity contribution >= 4 is 11.9 Å². The van der Waals surface area contributed by atoms with Gasteiger partial charge < -0.3 is 15.7 Å². The van der Waals surface area contributed by atoms with Gasteiger partial charge in [0.25, 0.3) is 5.91 Å². The van der Waals surface area contributed by atoms with Gasteiger partial charge in [-0.2, -0.15) is 0 Å². The van der Waals surface area contributed by atoms with Crippen LogP contribution >= 0.6 is 0 Å². The zero-order valence-electron chi connectivity index (χ0n) is 12.7. The Balaban J connectivity index is 1.78. The molecule has 3 rings (SSSR count). The van der Waals surface area contributed by atoms with Crippen LogP contribution in [0.4, 0.5) is 5.95 Å². The van der Waals surface area contributed by atoms with Crippen LogP contribution in [-0.2, 0) is 10.5 Å². The molecular formula is C16H19N5O2. The number of primary amides is 1. The lowest BCUT2D eigenvalue weighted by molar-refractivity contribution is -0.164. The first-order valence-electron chi connectivity index (χ1n) is 7.47. The maximum atomic E-state index is 12.0. The molecule has 1 atom stereocenters. The van der Waals surface area contributed by atoms with E-state index in [1.807, 2.05) is 11.0 Å². The first kappa shape index (κ1) is 15.4. The van der Waals surface area contributed by atoms with Gasteiger partial charge in [0, 0.05) is 44.1 Å². The maximum absolute atomic E-state index is 12.0. The molecule has 1 amide bonds. The van der Waals surface area contributed by atoms with Crippen molar-refractivity contribution in [2.24, 2.45) is 5.73 Å². The van der Waals surface area contributed by atoms with Crippen molar-refractivity contribution in [2.45, 2.75) is 5.72 Å². The highest BCUT2D eigenvalue weighted by molar-refractivity contribution is 5.84. The predicted octanol–water partition coefficient (Wildman–Crippen LogP) is -0.0708. The zero-order chi connectivity index (χ0) is 16.3. The molecule has 1 unspecified atom stereocenters. The van der Waals surface area contributed by atoms with E-state index < -0.39 is 11.6 Å². The smallest absolute Gasteiger partial charge is 0.269 e. The number of hydrogen-bond donors (Lipinski definition) is 2. The van der Waals surface area contributed by atoms with Crippen LogP contribution in [0.5, 0.6) is 0 Å². The number of anilines is 1. The lowest BCUT2D eigenvalue weighted by atomic mass is 9.99. The summed E-state index contributed by atoms with van der Waals surface area (Å²) >= 11 is 0. The summed E-state index contributed by atoms with van der Waals surface area (Å²) in [6, 6.07) is 10.6. The Labute approximate surface area is 134 Å². The summed E-state index contributed by atoms with van der Waals surface area (Å²) in [7, 11) is 0. The minimum Gasteiger partial charge on any atom is -0.366 e. The van der Waals surface area contributed by atoms with Crippen LogP contribution in [-0.4, -0.2) is 52.1 Å². The quantitative estimate of drug-likeness (QED) is 0.820. The fraction of sp³-hybridized carbons (Fsp3) is 0.312. The zero-order valence-corrected chi connectivity index (χ0v) is 12.7. The molecule has 120 valence electrons. The van der Waals surface area contributed by atoms with Gasteiger partial charge in [-0.25, -0.2) is 9.97 Å². The van der Waals surface area contributed by atoms with Gasteiger partial charge in [0.1, 0.15) is 0 Å². The van der Waals surface area contributed by atoms with Gasteiger partial charge in [-0.15, -0.1) is 0 Å². The van der Waals surface area contributed by atoms with Crippen LogP contribution < -0.4 is 10.6 Å². The molecule has 7 heteroatoms. The summed E-state index contributed by atoms with van der Waals surface area (Å²) in [5.41, 5.74) is 4.19. The molecule has 0 spiro atoms. The standard InChI is InChI=1S/C16H19N5O2/c17-14(22)16(23,13-5-2-1-3-6-13)21-11-9-20(10-12-21)15-18-7-4-8-19-15/h1-8,23H,9-12H2,(H2,17,22). The van der Waals surface area contributed by atoms with Crippen molar-refractivity contribution in [1.82, 2.24) is 14.9 Å². The number of rotatable bonds is 4. The molecule has 2 heterocycles. The van der Waals surface area contributed by atoms with Crippen molar-refractivity contribution in [3.05, 3.63) is 54.4 Å². The van der Waals surface area contributed by atoms with E-state index in [0.717, 1.165) is 0 Å². The molecule has 3 N–H and O–H groups in total. The van der Waals surface area contributed by atoms with E-state index in [0.29, 0.717) is 37.7 Å². The molecule has 1 aliphatic rings. The van der Waals surface area contributed by atoms with Crippen LogP contribution in [0.15, 0.2) is 48.8 Å². The Morgan fingerprint density at radius 2 is 1.65 bits per heavy atom. The van der Waals surface area contributed by atoms with Gasteiger partial charge >= 0.3 is 0 Å². The fourth-order valence-electron chi connectivity index (χ4n) is 2.84. The number of amides is 1. The number of piperazine rings is 1. The molecule has 1 fully saturated rings. The second kappa shape index (κ2) is 6.31. The summed E-state index contributed by atoms with van der Waals surface area (Å²) in [5.74, 6) is -0.123. The van der Waals surface area contributed by atoms with E-state index in [1.54, 1.807) is 47.6 Å². The normalized spacial score (nSPS) is 18.4. The molecule has 0 saturated carbocycles. The van der Waals surface area contributed by atoms with Crippen molar-refractivity contribution < 1.29 is 9.90 Å². The van der Waals surface area contributed by atoms with E-state index in [1.165, 1.54) is 0 Å². The first-order chi connectivity index (χ1) is 11.1. The third-order valence-corrected chi connectivity index (χ3v) is 4.09. The van der Waals surface area contributed by atoms with Gasteiger partial charge in [-0.3, -0.25) is 9.69 Å². The molecule has 0 bridgehead atoms. The number of hydrogen-bond acceptors (Lipinski definition) is 6. The SMILES string of the molecule is NC(=O)C(O)(c1ccccc1)N1CCN(c2ncccn2)CC1.